The van der Waals surface area contributed by atoms with E-state index in [1.807, 2.05) is 0 Å². The van der Waals surface area contributed by atoms with Gasteiger partial charge in [0.25, 0.3) is 5.91 Å². The third-order valence-corrected chi connectivity index (χ3v) is 4.07. The molecule has 0 saturated carbocycles. The van der Waals surface area contributed by atoms with Crippen molar-refractivity contribution >= 4 is 41.5 Å². The van der Waals surface area contributed by atoms with E-state index in [-0.39, 0.29) is 24.4 Å². The van der Waals surface area contributed by atoms with E-state index >= 15 is 0 Å². The first-order valence-electron chi connectivity index (χ1n) is 7.11. The Labute approximate surface area is 147 Å². The van der Waals surface area contributed by atoms with Crippen molar-refractivity contribution in [3.63, 3.8) is 0 Å². The van der Waals surface area contributed by atoms with Gasteiger partial charge in [0.05, 0.1) is 5.02 Å². The highest BCUT2D eigenvalue weighted by Gasteiger charge is 2.23. The van der Waals surface area contributed by atoms with Gasteiger partial charge in [0.15, 0.2) is 6.10 Å². The molecule has 1 heterocycles. The van der Waals surface area contributed by atoms with Crippen LogP contribution in [-0.4, -0.2) is 30.6 Å². The van der Waals surface area contributed by atoms with Crippen LogP contribution in [0, 0.1) is 0 Å². The zero-order valence-corrected chi connectivity index (χ0v) is 14.9. The molecule has 0 bridgehead atoms. The lowest BCUT2D eigenvalue weighted by molar-refractivity contribution is -0.128. The van der Waals surface area contributed by atoms with Gasteiger partial charge in [-0.15, -0.1) is 12.4 Å². The van der Waals surface area contributed by atoms with Crippen LogP contribution in [0.2, 0.25) is 10.0 Å². The quantitative estimate of drug-likeness (QED) is 0.857. The van der Waals surface area contributed by atoms with Crippen LogP contribution in [0.25, 0.3) is 0 Å². The van der Waals surface area contributed by atoms with Crippen molar-refractivity contribution in [2.75, 3.05) is 6.54 Å². The fourth-order valence-electron chi connectivity index (χ4n) is 2.40. The summed E-state index contributed by atoms with van der Waals surface area (Å²) in [6, 6.07) is 5.56. The van der Waals surface area contributed by atoms with Crippen LogP contribution >= 0.6 is 35.6 Å². The van der Waals surface area contributed by atoms with Crippen molar-refractivity contribution in [1.82, 2.24) is 10.6 Å². The molecule has 2 N–H and O–H groups in total. The molecule has 1 aliphatic heterocycles. The summed E-state index contributed by atoms with van der Waals surface area (Å²) in [6.07, 6.45) is 1.26. The van der Waals surface area contributed by atoms with Crippen molar-refractivity contribution in [2.45, 2.75) is 44.9 Å². The molecule has 0 aromatic heterocycles. The van der Waals surface area contributed by atoms with Gasteiger partial charge in [0, 0.05) is 17.1 Å². The van der Waals surface area contributed by atoms with Gasteiger partial charge >= 0.3 is 0 Å². The number of hydrogen-bond acceptors (Lipinski definition) is 3. The van der Waals surface area contributed by atoms with Crippen LogP contribution in [0.15, 0.2) is 18.2 Å². The molecule has 124 valence electrons. The molecule has 1 amide bonds. The SMILES string of the molecule is CC1CC(NC(=O)C(C)Oc2ccc(Cl)cc2Cl)CCN1.Cl. The lowest BCUT2D eigenvalue weighted by atomic mass is 10.0. The summed E-state index contributed by atoms with van der Waals surface area (Å²) in [5.41, 5.74) is 0. The fraction of sp³-hybridized carbons (Fsp3) is 0.533. The first-order valence-corrected chi connectivity index (χ1v) is 7.86. The average Bonchev–Trinajstić information content (AvgIpc) is 2.41. The minimum atomic E-state index is -0.603. The molecule has 1 aromatic rings. The third-order valence-electron chi connectivity index (χ3n) is 3.54. The van der Waals surface area contributed by atoms with Crippen LogP contribution in [0.3, 0.4) is 0 Å². The molecule has 3 atom stereocenters. The summed E-state index contributed by atoms with van der Waals surface area (Å²) in [7, 11) is 0. The smallest absolute Gasteiger partial charge is 0.260 e. The molecule has 1 aliphatic rings. The van der Waals surface area contributed by atoms with Crippen molar-refractivity contribution < 1.29 is 9.53 Å². The molecule has 1 fully saturated rings. The molecular formula is C15H21Cl3N2O2. The van der Waals surface area contributed by atoms with Gasteiger partial charge in [-0.2, -0.15) is 0 Å². The zero-order chi connectivity index (χ0) is 15.4. The standard InChI is InChI=1S/C15H20Cl2N2O2.ClH/c1-9-7-12(5-6-18-9)19-15(20)10(2)21-14-4-3-11(16)8-13(14)17;/h3-4,8-10,12,18H,5-7H2,1-2H3,(H,19,20);1H. The Morgan fingerprint density at radius 1 is 1.45 bits per heavy atom. The monoisotopic (exact) mass is 366 g/mol. The second-order valence-electron chi connectivity index (χ2n) is 5.42. The number of hydrogen-bond donors (Lipinski definition) is 2. The van der Waals surface area contributed by atoms with E-state index in [9.17, 15) is 4.79 Å². The molecule has 7 heteroatoms. The Morgan fingerprint density at radius 2 is 2.18 bits per heavy atom. The Balaban J connectivity index is 0.00000242. The largest absolute Gasteiger partial charge is 0.479 e. The summed E-state index contributed by atoms with van der Waals surface area (Å²) in [6.45, 7) is 4.75. The van der Waals surface area contributed by atoms with E-state index in [1.165, 1.54) is 0 Å². The molecule has 1 aromatic carbocycles. The molecular weight excluding hydrogens is 347 g/mol. The van der Waals surface area contributed by atoms with Crippen LogP contribution in [-0.2, 0) is 4.79 Å². The predicted molar refractivity (Wildman–Crippen MR) is 92.4 cm³/mol. The maximum absolute atomic E-state index is 12.2. The Morgan fingerprint density at radius 3 is 2.82 bits per heavy atom. The number of carbonyl (C=O) groups excluding carboxylic acids is 1. The number of halogens is 3. The van der Waals surface area contributed by atoms with E-state index in [2.05, 4.69) is 17.6 Å². The molecule has 0 aliphatic carbocycles. The van der Waals surface area contributed by atoms with Crippen LogP contribution in [0.1, 0.15) is 26.7 Å². The van der Waals surface area contributed by atoms with Gasteiger partial charge in [-0.05, 0) is 51.4 Å². The van der Waals surface area contributed by atoms with E-state index in [0.717, 1.165) is 19.4 Å². The maximum Gasteiger partial charge on any atom is 0.260 e. The molecule has 2 rings (SSSR count). The number of amides is 1. The number of nitrogens with one attached hydrogen (secondary N) is 2. The van der Waals surface area contributed by atoms with Crippen molar-refractivity contribution in [3.05, 3.63) is 28.2 Å². The number of benzene rings is 1. The first-order chi connectivity index (χ1) is 9.95. The number of piperidine rings is 1. The van der Waals surface area contributed by atoms with Gasteiger partial charge in [-0.1, -0.05) is 23.2 Å². The summed E-state index contributed by atoms with van der Waals surface area (Å²) in [5.74, 6) is 0.336. The highest BCUT2D eigenvalue weighted by Crippen LogP contribution is 2.28. The van der Waals surface area contributed by atoms with E-state index in [0.29, 0.717) is 21.8 Å². The third kappa shape index (κ3) is 5.51. The summed E-state index contributed by atoms with van der Waals surface area (Å²) in [5, 5.41) is 7.32. The van der Waals surface area contributed by atoms with Crippen molar-refractivity contribution in [1.29, 1.82) is 0 Å². The highest BCUT2D eigenvalue weighted by molar-refractivity contribution is 6.35. The molecule has 0 spiro atoms. The number of carbonyl (C=O) groups is 1. The Kier molecular flexibility index (Phi) is 7.77. The maximum atomic E-state index is 12.2. The molecule has 4 nitrogen and oxygen atoms in total. The van der Waals surface area contributed by atoms with Gasteiger partial charge in [-0.3, -0.25) is 4.79 Å². The van der Waals surface area contributed by atoms with Crippen molar-refractivity contribution in [2.24, 2.45) is 0 Å². The second-order valence-corrected chi connectivity index (χ2v) is 6.26. The van der Waals surface area contributed by atoms with Crippen LogP contribution in [0.5, 0.6) is 5.75 Å². The molecule has 1 saturated heterocycles. The minimum Gasteiger partial charge on any atom is -0.479 e. The Hall–Kier alpha value is -0.680. The average molecular weight is 368 g/mol. The Bertz CT molecular complexity index is 514. The van der Waals surface area contributed by atoms with Gasteiger partial charge in [0.1, 0.15) is 5.75 Å². The number of rotatable bonds is 4. The topological polar surface area (TPSA) is 50.4 Å². The second kappa shape index (κ2) is 8.82. The zero-order valence-electron chi connectivity index (χ0n) is 12.6. The lowest BCUT2D eigenvalue weighted by Crippen LogP contribution is -2.49. The molecule has 3 unspecified atom stereocenters. The van der Waals surface area contributed by atoms with Gasteiger partial charge < -0.3 is 15.4 Å². The predicted octanol–water partition coefficient (Wildman–Crippen LogP) is 3.44. The summed E-state index contributed by atoms with van der Waals surface area (Å²) < 4.78 is 5.61. The molecule has 22 heavy (non-hydrogen) atoms. The van der Waals surface area contributed by atoms with Crippen molar-refractivity contribution in [3.8, 4) is 5.75 Å². The summed E-state index contributed by atoms with van der Waals surface area (Å²) in [4.78, 5) is 12.2. The van der Waals surface area contributed by atoms with Crippen LogP contribution < -0.4 is 15.4 Å². The first kappa shape index (κ1) is 19.4. The summed E-state index contributed by atoms with van der Waals surface area (Å²) >= 11 is 11.9. The highest BCUT2D eigenvalue weighted by atomic mass is 35.5. The van der Waals surface area contributed by atoms with E-state index < -0.39 is 6.10 Å². The van der Waals surface area contributed by atoms with E-state index in [1.54, 1.807) is 25.1 Å². The molecule has 0 radical (unpaired) electrons. The number of ether oxygens (including phenoxy) is 1. The normalized spacial score (nSPS) is 22.4. The van der Waals surface area contributed by atoms with Gasteiger partial charge in [-0.25, -0.2) is 0 Å². The minimum absolute atomic E-state index is 0. The van der Waals surface area contributed by atoms with Gasteiger partial charge in [0.2, 0.25) is 0 Å². The lowest BCUT2D eigenvalue weighted by Gasteiger charge is -2.29. The van der Waals surface area contributed by atoms with E-state index in [4.69, 9.17) is 27.9 Å². The van der Waals surface area contributed by atoms with Crippen LogP contribution in [0.4, 0.5) is 0 Å². The fourth-order valence-corrected chi connectivity index (χ4v) is 2.85.